The van der Waals surface area contributed by atoms with Crippen LogP contribution in [0.1, 0.15) is 5.56 Å². The summed E-state index contributed by atoms with van der Waals surface area (Å²) in [5.41, 5.74) is 1.49. The molecule has 0 atom stereocenters. The summed E-state index contributed by atoms with van der Waals surface area (Å²) in [4.78, 5) is 20.3. The van der Waals surface area contributed by atoms with Crippen LogP contribution in [0.5, 0.6) is 0 Å². The highest BCUT2D eigenvalue weighted by atomic mass is 19.2. The molecule has 134 valence electrons. The summed E-state index contributed by atoms with van der Waals surface area (Å²) in [6, 6.07) is 9.95. The van der Waals surface area contributed by atoms with Crippen LogP contribution in [0.15, 0.2) is 70.4 Å². The Balaban J connectivity index is 1.66. The summed E-state index contributed by atoms with van der Waals surface area (Å²) in [5.74, 6) is -1.67. The number of hydrogen-bond acceptors (Lipinski definition) is 5. The van der Waals surface area contributed by atoms with Crippen LogP contribution in [0.3, 0.4) is 0 Å². The van der Waals surface area contributed by atoms with Crippen molar-refractivity contribution in [2.45, 2.75) is 6.54 Å². The van der Waals surface area contributed by atoms with E-state index in [4.69, 9.17) is 4.52 Å². The van der Waals surface area contributed by atoms with Crippen LogP contribution in [0.25, 0.3) is 22.8 Å². The van der Waals surface area contributed by atoms with Gasteiger partial charge in [0.2, 0.25) is 5.82 Å². The number of aromatic nitrogens is 4. The minimum absolute atomic E-state index is 0.119. The summed E-state index contributed by atoms with van der Waals surface area (Å²) in [5, 5.41) is 3.80. The van der Waals surface area contributed by atoms with E-state index < -0.39 is 11.6 Å². The number of benzene rings is 1. The second kappa shape index (κ2) is 6.91. The molecule has 6 nitrogen and oxygen atoms in total. The second-order valence-corrected chi connectivity index (χ2v) is 5.80. The maximum absolute atomic E-state index is 13.4. The normalized spacial score (nSPS) is 10.9. The van der Waals surface area contributed by atoms with E-state index in [1.54, 1.807) is 30.7 Å². The third kappa shape index (κ3) is 3.50. The van der Waals surface area contributed by atoms with Crippen molar-refractivity contribution in [2.75, 3.05) is 0 Å². The Bertz CT molecular complexity index is 1160. The summed E-state index contributed by atoms with van der Waals surface area (Å²) in [7, 11) is 0. The van der Waals surface area contributed by atoms with Gasteiger partial charge in [-0.05, 0) is 35.9 Å². The molecular formula is C19H12F2N4O2. The molecule has 0 spiro atoms. The number of pyridine rings is 2. The highest BCUT2D eigenvalue weighted by Crippen LogP contribution is 2.23. The van der Waals surface area contributed by atoms with E-state index in [2.05, 4.69) is 15.1 Å². The average molecular weight is 366 g/mol. The Morgan fingerprint density at radius 1 is 1.04 bits per heavy atom. The lowest BCUT2D eigenvalue weighted by Crippen LogP contribution is -2.19. The molecule has 8 heteroatoms. The van der Waals surface area contributed by atoms with Gasteiger partial charge in [0.05, 0.1) is 12.1 Å². The third-order valence-electron chi connectivity index (χ3n) is 3.91. The van der Waals surface area contributed by atoms with E-state index in [9.17, 15) is 13.6 Å². The van der Waals surface area contributed by atoms with E-state index in [0.29, 0.717) is 12.1 Å². The monoisotopic (exact) mass is 366 g/mol. The van der Waals surface area contributed by atoms with Gasteiger partial charge in [0.1, 0.15) is 0 Å². The molecule has 0 unspecified atom stereocenters. The molecule has 1 aromatic carbocycles. The summed E-state index contributed by atoms with van der Waals surface area (Å²) >= 11 is 0. The zero-order chi connectivity index (χ0) is 18.8. The minimum Gasteiger partial charge on any atom is -0.334 e. The van der Waals surface area contributed by atoms with Crippen molar-refractivity contribution in [1.82, 2.24) is 19.7 Å². The lowest BCUT2D eigenvalue weighted by molar-refractivity contribution is 0.431. The van der Waals surface area contributed by atoms with E-state index in [1.165, 1.54) is 16.7 Å². The highest BCUT2D eigenvalue weighted by Gasteiger charge is 2.13. The van der Waals surface area contributed by atoms with Gasteiger partial charge in [-0.1, -0.05) is 11.2 Å². The molecule has 0 aliphatic heterocycles. The van der Waals surface area contributed by atoms with Crippen LogP contribution in [-0.2, 0) is 6.54 Å². The molecule has 0 bridgehead atoms. The molecule has 3 aromatic heterocycles. The zero-order valence-corrected chi connectivity index (χ0v) is 13.8. The van der Waals surface area contributed by atoms with Gasteiger partial charge in [-0.25, -0.2) is 8.78 Å². The molecule has 27 heavy (non-hydrogen) atoms. The molecule has 0 saturated heterocycles. The Morgan fingerprint density at radius 2 is 1.89 bits per heavy atom. The fraction of sp³-hybridized carbons (Fsp3) is 0.0526. The van der Waals surface area contributed by atoms with Crippen LogP contribution < -0.4 is 5.56 Å². The lowest BCUT2D eigenvalue weighted by Gasteiger charge is -2.06. The number of halogens is 2. The van der Waals surface area contributed by atoms with Crippen molar-refractivity contribution < 1.29 is 13.3 Å². The smallest absolute Gasteiger partial charge is 0.259 e. The first-order valence-electron chi connectivity index (χ1n) is 7.99. The standard InChI is InChI=1S/C19H12F2N4O2/c20-15-5-3-13(8-16(15)21)18-23-19(27-24-18)14-4-6-17(26)25(11-14)10-12-2-1-7-22-9-12/h1-9,11H,10H2. The molecule has 0 aliphatic rings. The Hall–Kier alpha value is -3.68. The van der Waals surface area contributed by atoms with Crippen LogP contribution in [0.4, 0.5) is 8.78 Å². The predicted octanol–water partition coefficient (Wildman–Crippen LogP) is 3.29. The Labute approximate surface area is 151 Å². The van der Waals surface area contributed by atoms with Crippen LogP contribution in [0, 0.1) is 11.6 Å². The van der Waals surface area contributed by atoms with Gasteiger partial charge in [-0.2, -0.15) is 4.98 Å². The second-order valence-electron chi connectivity index (χ2n) is 5.80. The molecule has 0 radical (unpaired) electrons. The first kappa shape index (κ1) is 16.8. The van der Waals surface area contributed by atoms with Gasteiger partial charge in [0.25, 0.3) is 11.4 Å². The van der Waals surface area contributed by atoms with Crippen molar-refractivity contribution in [3.05, 3.63) is 88.6 Å². The first-order chi connectivity index (χ1) is 13.1. The fourth-order valence-electron chi connectivity index (χ4n) is 2.56. The van der Waals surface area contributed by atoms with Gasteiger partial charge in [0, 0.05) is 30.2 Å². The molecule has 0 aliphatic carbocycles. The zero-order valence-electron chi connectivity index (χ0n) is 13.8. The van der Waals surface area contributed by atoms with Crippen molar-refractivity contribution in [3.8, 4) is 22.8 Å². The molecular weight excluding hydrogens is 354 g/mol. The van der Waals surface area contributed by atoms with Crippen LogP contribution in [-0.4, -0.2) is 19.7 Å². The molecule has 0 amide bonds. The third-order valence-corrected chi connectivity index (χ3v) is 3.91. The van der Waals surface area contributed by atoms with Crippen molar-refractivity contribution >= 4 is 0 Å². The fourth-order valence-corrected chi connectivity index (χ4v) is 2.56. The predicted molar refractivity (Wildman–Crippen MR) is 92.7 cm³/mol. The molecule has 4 aromatic rings. The summed E-state index contributed by atoms with van der Waals surface area (Å²) in [6.07, 6.45) is 4.92. The van der Waals surface area contributed by atoms with Gasteiger partial charge in [0.15, 0.2) is 11.6 Å². The Morgan fingerprint density at radius 3 is 2.67 bits per heavy atom. The molecule has 3 heterocycles. The summed E-state index contributed by atoms with van der Waals surface area (Å²) < 4.78 is 33.2. The maximum atomic E-state index is 13.4. The van der Waals surface area contributed by atoms with Crippen molar-refractivity contribution in [1.29, 1.82) is 0 Å². The van der Waals surface area contributed by atoms with Crippen LogP contribution in [0.2, 0.25) is 0 Å². The lowest BCUT2D eigenvalue weighted by atomic mass is 10.2. The van der Waals surface area contributed by atoms with E-state index in [0.717, 1.165) is 17.7 Å². The summed E-state index contributed by atoms with van der Waals surface area (Å²) in [6.45, 7) is 0.338. The van der Waals surface area contributed by atoms with Gasteiger partial charge in [-0.15, -0.1) is 0 Å². The van der Waals surface area contributed by atoms with E-state index in [-0.39, 0.29) is 22.8 Å². The van der Waals surface area contributed by atoms with E-state index in [1.807, 2.05) is 6.07 Å². The quantitative estimate of drug-likeness (QED) is 0.554. The van der Waals surface area contributed by atoms with Crippen molar-refractivity contribution in [3.63, 3.8) is 0 Å². The van der Waals surface area contributed by atoms with E-state index >= 15 is 0 Å². The SMILES string of the molecule is O=c1ccc(-c2nc(-c3ccc(F)c(F)c3)no2)cn1Cc1cccnc1. The molecule has 4 rings (SSSR count). The Kier molecular flexibility index (Phi) is 4.29. The number of rotatable bonds is 4. The van der Waals surface area contributed by atoms with Gasteiger partial charge < -0.3 is 9.09 Å². The first-order valence-corrected chi connectivity index (χ1v) is 7.99. The largest absolute Gasteiger partial charge is 0.334 e. The molecule has 0 fully saturated rings. The van der Waals surface area contributed by atoms with Crippen LogP contribution >= 0.6 is 0 Å². The van der Waals surface area contributed by atoms with Gasteiger partial charge in [-0.3, -0.25) is 9.78 Å². The highest BCUT2D eigenvalue weighted by molar-refractivity contribution is 5.59. The average Bonchev–Trinajstić information content (AvgIpc) is 3.17. The molecule has 0 saturated carbocycles. The van der Waals surface area contributed by atoms with Gasteiger partial charge >= 0.3 is 0 Å². The number of nitrogens with zero attached hydrogens (tertiary/aromatic N) is 4. The molecule has 0 N–H and O–H groups in total. The van der Waals surface area contributed by atoms with Crippen molar-refractivity contribution in [2.24, 2.45) is 0 Å². The maximum Gasteiger partial charge on any atom is 0.259 e. The number of hydrogen-bond donors (Lipinski definition) is 0. The topological polar surface area (TPSA) is 73.8 Å². The minimum atomic E-state index is -0.996.